The van der Waals surface area contributed by atoms with Gasteiger partial charge in [0.25, 0.3) is 5.89 Å². The average Bonchev–Trinajstić information content (AvgIpc) is 3.38. The van der Waals surface area contributed by atoms with Gasteiger partial charge in [0.15, 0.2) is 5.76 Å². The topological polar surface area (TPSA) is 96.5 Å². The van der Waals surface area contributed by atoms with Gasteiger partial charge in [-0.25, -0.2) is 0 Å². The Kier molecular flexibility index (Phi) is 4.72. The van der Waals surface area contributed by atoms with Crippen molar-refractivity contribution < 1.29 is 18.4 Å². The van der Waals surface area contributed by atoms with Gasteiger partial charge in [0, 0.05) is 11.3 Å². The molecule has 2 heterocycles. The van der Waals surface area contributed by atoms with Gasteiger partial charge in [-0.3, -0.25) is 0 Å². The van der Waals surface area contributed by atoms with Crippen molar-refractivity contribution in [1.82, 2.24) is 10.1 Å². The molecule has 2 aromatic heterocycles. The number of ether oxygens (including phenoxy) is 2. The Balaban J connectivity index is 1.47. The molecule has 142 valence electrons. The third-order valence-corrected chi connectivity index (χ3v) is 4.36. The molecule has 0 spiro atoms. The first-order chi connectivity index (χ1) is 13.6. The van der Waals surface area contributed by atoms with Crippen LogP contribution >= 0.6 is 0 Å². The number of hydrogen-bond donors (Lipinski definition) is 1. The number of methoxy groups -OCH3 is 1. The first kappa shape index (κ1) is 17.7. The van der Waals surface area contributed by atoms with Crippen molar-refractivity contribution in [3.63, 3.8) is 0 Å². The first-order valence-corrected chi connectivity index (χ1v) is 8.69. The van der Waals surface area contributed by atoms with Crippen molar-refractivity contribution in [2.45, 2.75) is 13.5 Å². The lowest BCUT2D eigenvalue weighted by Gasteiger charge is -2.05. The molecule has 4 rings (SSSR count). The molecular weight excluding hydrogens is 358 g/mol. The number of nitrogen functional groups attached to an aromatic ring is 1. The Bertz CT molecular complexity index is 1080. The zero-order valence-electron chi connectivity index (χ0n) is 15.5. The smallest absolute Gasteiger partial charge is 0.293 e. The van der Waals surface area contributed by atoms with Gasteiger partial charge in [0.1, 0.15) is 23.9 Å². The van der Waals surface area contributed by atoms with Crippen molar-refractivity contribution in [2.24, 2.45) is 0 Å². The number of nitrogens with two attached hydrogens (primary N) is 1. The van der Waals surface area contributed by atoms with Crippen LogP contribution in [0.1, 0.15) is 11.3 Å². The molecule has 0 aliphatic rings. The molecule has 0 atom stereocenters. The summed E-state index contributed by atoms with van der Waals surface area (Å²) in [6.07, 6.45) is 0. The van der Waals surface area contributed by atoms with Crippen LogP contribution in [-0.4, -0.2) is 17.3 Å². The number of aromatic nitrogens is 2. The van der Waals surface area contributed by atoms with Crippen LogP contribution in [0.25, 0.3) is 23.0 Å². The van der Waals surface area contributed by atoms with Gasteiger partial charge in [-0.1, -0.05) is 17.3 Å². The molecule has 7 heteroatoms. The van der Waals surface area contributed by atoms with Gasteiger partial charge in [-0.2, -0.15) is 4.98 Å². The van der Waals surface area contributed by atoms with E-state index in [4.69, 9.17) is 24.1 Å². The summed E-state index contributed by atoms with van der Waals surface area (Å²) in [4.78, 5) is 4.42. The van der Waals surface area contributed by atoms with Gasteiger partial charge >= 0.3 is 0 Å². The highest BCUT2D eigenvalue weighted by molar-refractivity contribution is 5.68. The second kappa shape index (κ2) is 7.48. The molecule has 7 nitrogen and oxygen atoms in total. The first-order valence-electron chi connectivity index (χ1n) is 8.69. The Hall–Kier alpha value is -3.74. The molecule has 0 bridgehead atoms. The van der Waals surface area contributed by atoms with E-state index in [0.717, 1.165) is 22.6 Å². The lowest BCUT2D eigenvalue weighted by Crippen LogP contribution is -1.93. The highest BCUT2D eigenvalue weighted by Gasteiger charge is 2.16. The second-order valence-corrected chi connectivity index (χ2v) is 6.17. The van der Waals surface area contributed by atoms with E-state index in [1.54, 1.807) is 13.2 Å². The zero-order valence-corrected chi connectivity index (χ0v) is 15.5. The number of hydrogen-bond acceptors (Lipinski definition) is 7. The lowest BCUT2D eigenvalue weighted by atomic mass is 10.1. The molecule has 0 radical (unpaired) electrons. The second-order valence-electron chi connectivity index (χ2n) is 6.17. The quantitative estimate of drug-likeness (QED) is 0.495. The van der Waals surface area contributed by atoms with Crippen molar-refractivity contribution in [1.29, 1.82) is 0 Å². The van der Waals surface area contributed by atoms with Crippen LogP contribution in [0.2, 0.25) is 0 Å². The van der Waals surface area contributed by atoms with Crippen molar-refractivity contribution in [3.8, 4) is 34.5 Å². The van der Waals surface area contributed by atoms with E-state index in [-0.39, 0.29) is 6.61 Å². The summed E-state index contributed by atoms with van der Waals surface area (Å²) in [6.45, 7) is 2.20. The van der Waals surface area contributed by atoms with E-state index in [1.807, 2.05) is 55.5 Å². The molecule has 2 aromatic carbocycles. The average molecular weight is 377 g/mol. The normalized spacial score (nSPS) is 10.8. The number of anilines is 1. The van der Waals surface area contributed by atoms with Gasteiger partial charge in [0.05, 0.1) is 7.11 Å². The third kappa shape index (κ3) is 3.55. The van der Waals surface area contributed by atoms with Crippen LogP contribution in [0.5, 0.6) is 11.5 Å². The van der Waals surface area contributed by atoms with Gasteiger partial charge in [0.2, 0.25) is 5.82 Å². The van der Waals surface area contributed by atoms with E-state index < -0.39 is 0 Å². The standard InChI is InChI=1S/C21H19N3O4/c1-13-17(4-3-5-18(13)22)20-23-21(28-24-20)19-11-10-16(27-19)12-26-15-8-6-14(25-2)7-9-15/h3-11H,12,22H2,1-2H3. The zero-order chi connectivity index (χ0) is 19.5. The van der Waals surface area contributed by atoms with Gasteiger partial charge < -0.3 is 24.1 Å². The van der Waals surface area contributed by atoms with E-state index >= 15 is 0 Å². The summed E-state index contributed by atoms with van der Waals surface area (Å²) < 4.78 is 22.0. The van der Waals surface area contributed by atoms with Crippen LogP contribution in [0, 0.1) is 6.92 Å². The summed E-state index contributed by atoms with van der Waals surface area (Å²) >= 11 is 0. The minimum absolute atomic E-state index is 0.279. The maximum atomic E-state index is 5.95. The number of benzene rings is 2. The Morgan fingerprint density at radius 2 is 1.79 bits per heavy atom. The van der Waals surface area contributed by atoms with Gasteiger partial charge in [-0.05, 0) is 55.0 Å². The summed E-state index contributed by atoms with van der Waals surface area (Å²) in [5.41, 5.74) is 8.36. The monoisotopic (exact) mass is 377 g/mol. The van der Waals surface area contributed by atoms with Crippen molar-refractivity contribution >= 4 is 5.69 Å². The predicted molar refractivity (Wildman–Crippen MR) is 104 cm³/mol. The molecule has 0 aliphatic heterocycles. The molecule has 2 N–H and O–H groups in total. The molecule has 0 aliphatic carbocycles. The summed E-state index contributed by atoms with van der Waals surface area (Å²) in [7, 11) is 1.62. The highest BCUT2D eigenvalue weighted by Crippen LogP contribution is 2.28. The van der Waals surface area contributed by atoms with E-state index in [9.17, 15) is 0 Å². The largest absolute Gasteiger partial charge is 0.497 e. The van der Waals surface area contributed by atoms with E-state index in [0.29, 0.717) is 28.9 Å². The predicted octanol–water partition coefficient (Wildman–Crippen LogP) is 4.47. The SMILES string of the molecule is COc1ccc(OCc2ccc(-c3nc(-c4cccc(N)c4C)no3)o2)cc1. The molecule has 4 aromatic rings. The van der Waals surface area contributed by atoms with Gasteiger partial charge in [-0.15, -0.1) is 0 Å². The fourth-order valence-electron chi connectivity index (χ4n) is 2.73. The van der Waals surface area contributed by atoms with Crippen LogP contribution in [-0.2, 0) is 6.61 Å². The van der Waals surface area contributed by atoms with E-state index in [2.05, 4.69) is 10.1 Å². The number of nitrogens with zero attached hydrogens (tertiary/aromatic N) is 2. The van der Waals surface area contributed by atoms with Crippen LogP contribution < -0.4 is 15.2 Å². The third-order valence-electron chi connectivity index (χ3n) is 4.36. The molecule has 0 saturated heterocycles. The highest BCUT2D eigenvalue weighted by atomic mass is 16.5. The summed E-state index contributed by atoms with van der Waals surface area (Å²) in [6, 6.07) is 16.5. The number of furan rings is 1. The Morgan fingerprint density at radius 3 is 2.57 bits per heavy atom. The molecule has 28 heavy (non-hydrogen) atoms. The Morgan fingerprint density at radius 1 is 1.00 bits per heavy atom. The molecule has 0 amide bonds. The Labute approximate surface area is 161 Å². The summed E-state index contributed by atoms with van der Waals surface area (Å²) in [5, 5.41) is 4.04. The van der Waals surface area contributed by atoms with E-state index in [1.165, 1.54) is 0 Å². The molecule has 0 saturated carbocycles. The number of rotatable bonds is 6. The van der Waals surface area contributed by atoms with Crippen molar-refractivity contribution in [3.05, 3.63) is 65.9 Å². The van der Waals surface area contributed by atoms with Crippen LogP contribution in [0.15, 0.2) is 63.5 Å². The fourth-order valence-corrected chi connectivity index (χ4v) is 2.73. The molecular formula is C21H19N3O4. The minimum atomic E-state index is 0.279. The van der Waals surface area contributed by atoms with Crippen LogP contribution in [0.4, 0.5) is 5.69 Å². The maximum Gasteiger partial charge on any atom is 0.293 e. The summed E-state index contributed by atoms with van der Waals surface area (Å²) in [5.74, 6) is 3.38. The molecule has 0 unspecified atom stereocenters. The lowest BCUT2D eigenvalue weighted by molar-refractivity contribution is 0.270. The van der Waals surface area contributed by atoms with Crippen molar-refractivity contribution in [2.75, 3.05) is 12.8 Å². The fraction of sp³-hybridized carbons (Fsp3) is 0.143. The maximum absolute atomic E-state index is 5.95. The molecule has 0 fully saturated rings. The minimum Gasteiger partial charge on any atom is -0.497 e. The van der Waals surface area contributed by atoms with Crippen LogP contribution in [0.3, 0.4) is 0 Å².